The molecule has 4 nitrogen and oxygen atoms in total. The van der Waals surface area contributed by atoms with Crippen LogP contribution in [0.5, 0.6) is 0 Å². The van der Waals surface area contributed by atoms with Crippen LogP contribution in [-0.2, 0) is 17.8 Å². The Morgan fingerprint density at radius 3 is 2.60 bits per heavy atom. The molecule has 0 aliphatic carbocycles. The van der Waals surface area contributed by atoms with E-state index in [2.05, 4.69) is 37.0 Å². The Balaban J connectivity index is 2.07. The molecule has 4 heteroatoms. The third-order valence-electron chi connectivity index (χ3n) is 4.70. The fourth-order valence-electron chi connectivity index (χ4n) is 2.89. The molecule has 1 aromatic carbocycles. The Kier molecular flexibility index (Phi) is 7.14. The van der Waals surface area contributed by atoms with E-state index in [1.54, 1.807) is 11.1 Å². The maximum Gasteiger partial charge on any atom is 0.223 e. The van der Waals surface area contributed by atoms with Crippen molar-refractivity contribution >= 4 is 5.91 Å². The summed E-state index contributed by atoms with van der Waals surface area (Å²) < 4.78 is 0. The maximum absolute atomic E-state index is 12.8. The van der Waals surface area contributed by atoms with Crippen LogP contribution in [0.3, 0.4) is 0 Å². The summed E-state index contributed by atoms with van der Waals surface area (Å²) in [6.45, 7) is 6.58. The second-order valence-electron chi connectivity index (χ2n) is 6.51. The van der Waals surface area contributed by atoms with Gasteiger partial charge in [-0.2, -0.15) is 0 Å². The predicted octanol–water partition coefficient (Wildman–Crippen LogP) is 3.43. The molecule has 1 amide bonds. The predicted molar refractivity (Wildman–Crippen MR) is 100 cm³/mol. The minimum Gasteiger partial charge on any atom is -0.394 e. The number of carbonyl (C=O) groups is 1. The maximum atomic E-state index is 12.8. The monoisotopic (exact) mass is 340 g/mol. The summed E-state index contributed by atoms with van der Waals surface area (Å²) in [6.07, 6.45) is 3.60. The molecule has 0 saturated carbocycles. The Morgan fingerprint density at radius 1 is 1.20 bits per heavy atom. The van der Waals surface area contributed by atoms with Crippen LogP contribution in [0.4, 0.5) is 0 Å². The van der Waals surface area contributed by atoms with Crippen LogP contribution in [0.2, 0.25) is 0 Å². The van der Waals surface area contributed by atoms with Gasteiger partial charge in [-0.15, -0.1) is 0 Å². The van der Waals surface area contributed by atoms with Crippen molar-refractivity contribution in [3.63, 3.8) is 0 Å². The lowest BCUT2D eigenvalue weighted by molar-refractivity contribution is -0.135. The molecule has 1 aromatic heterocycles. The molecule has 1 unspecified atom stereocenters. The van der Waals surface area contributed by atoms with Crippen molar-refractivity contribution in [1.82, 2.24) is 9.88 Å². The van der Waals surface area contributed by atoms with Crippen LogP contribution in [0.1, 0.15) is 42.1 Å². The summed E-state index contributed by atoms with van der Waals surface area (Å²) >= 11 is 0. The lowest BCUT2D eigenvalue weighted by Crippen LogP contribution is -2.42. The summed E-state index contributed by atoms with van der Waals surface area (Å²) in [7, 11) is 0. The Hall–Kier alpha value is -2.20. The number of rotatable bonds is 8. The highest BCUT2D eigenvalue weighted by molar-refractivity contribution is 5.76. The minimum absolute atomic E-state index is 0.0291. The normalized spacial score (nSPS) is 12.0. The number of aliphatic hydroxyl groups excluding tert-OH is 1. The van der Waals surface area contributed by atoms with Gasteiger partial charge in [-0.05, 0) is 55.5 Å². The van der Waals surface area contributed by atoms with Gasteiger partial charge in [0.1, 0.15) is 0 Å². The van der Waals surface area contributed by atoms with Gasteiger partial charge in [-0.3, -0.25) is 9.78 Å². The molecule has 2 aromatic rings. The summed E-state index contributed by atoms with van der Waals surface area (Å²) in [5.41, 5.74) is 4.52. The zero-order valence-electron chi connectivity index (χ0n) is 15.4. The summed E-state index contributed by atoms with van der Waals surface area (Å²) in [5.74, 6) is 0.0600. The van der Waals surface area contributed by atoms with Crippen LogP contribution >= 0.6 is 0 Å². The first-order valence-electron chi connectivity index (χ1n) is 8.91. The molecule has 0 spiro atoms. The first-order valence-corrected chi connectivity index (χ1v) is 8.91. The van der Waals surface area contributed by atoms with E-state index in [0.29, 0.717) is 19.4 Å². The molecule has 0 saturated heterocycles. The molecule has 1 N–H and O–H groups in total. The lowest BCUT2D eigenvalue weighted by Gasteiger charge is -2.30. The molecule has 1 heterocycles. The van der Waals surface area contributed by atoms with E-state index >= 15 is 0 Å². The molecule has 0 radical (unpaired) electrons. The number of nitrogens with zero attached hydrogens (tertiary/aromatic N) is 2. The third-order valence-corrected chi connectivity index (χ3v) is 4.70. The van der Waals surface area contributed by atoms with Gasteiger partial charge in [0.15, 0.2) is 0 Å². The van der Waals surface area contributed by atoms with Crippen LogP contribution in [-0.4, -0.2) is 33.5 Å². The summed E-state index contributed by atoms with van der Waals surface area (Å²) in [6, 6.07) is 11.8. The second kappa shape index (κ2) is 9.33. The number of aliphatic hydroxyl groups is 1. The highest BCUT2D eigenvalue weighted by atomic mass is 16.3. The zero-order chi connectivity index (χ0) is 18.2. The molecule has 0 aliphatic rings. The van der Waals surface area contributed by atoms with Crippen LogP contribution in [0, 0.1) is 13.8 Å². The summed E-state index contributed by atoms with van der Waals surface area (Å²) in [5, 5.41) is 9.66. The van der Waals surface area contributed by atoms with Gasteiger partial charge in [0.2, 0.25) is 5.91 Å². The molecular formula is C21H28N2O2. The topological polar surface area (TPSA) is 53.4 Å². The van der Waals surface area contributed by atoms with Crippen molar-refractivity contribution < 1.29 is 9.90 Å². The quantitative estimate of drug-likeness (QED) is 0.801. The largest absolute Gasteiger partial charge is 0.394 e. The van der Waals surface area contributed by atoms with E-state index in [0.717, 1.165) is 12.1 Å². The first kappa shape index (κ1) is 19.1. The molecule has 134 valence electrons. The van der Waals surface area contributed by atoms with Gasteiger partial charge in [0.05, 0.1) is 24.9 Å². The molecule has 0 bridgehead atoms. The smallest absolute Gasteiger partial charge is 0.223 e. The molecule has 25 heavy (non-hydrogen) atoms. The van der Waals surface area contributed by atoms with E-state index in [1.165, 1.54) is 16.7 Å². The van der Waals surface area contributed by atoms with Crippen molar-refractivity contribution in [3.8, 4) is 0 Å². The number of hydrogen-bond donors (Lipinski definition) is 1. The fourth-order valence-corrected chi connectivity index (χ4v) is 2.89. The SMILES string of the molecule is CCC(CO)N(Cc1ccccn1)C(=O)CCc1ccc(C)c(C)c1. The molecule has 0 fully saturated rings. The Morgan fingerprint density at radius 2 is 2.00 bits per heavy atom. The Bertz CT molecular complexity index is 682. The van der Waals surface area contributed by atoms with Gasteiger partial charge in [-0.25, -0.2) is 0 Å². The van der Waals surface area contributed by atoms with Crippen molar-refractivity contribution in [3.05, 3.63) is 65.0 Å². The van der Waals surface area contributed by atoms with E-state index < -0.39 is 0 Å². The third kappa shape index (κ3) is 5.40. The summed E-state index contributed by atoms with van der Waals surface area (Å²) in [4.78, 5) is 18.9. The minimum atomic E-state index is -0.172. The molecular weight excluding hydrogens is 312 g/mol. The van der Waals surface area contributed by atoms with Gasteiger partial charge < -0.3 is 10.0 Å². The van der Waals surface area contributed by atoms with Gasteiger partial charge in [0.25, 0.3) is 0 Å². The van der Waals surface area contributed by atoms with Gasteiger partial charge in [0, 0.05) is 12.6 Å². The molecule has 1 atom stereocenters. The number of aryl methyl sites for hydroxylation is 3. The second-order valence-corrected chi connectivity index (χ2v) is 6.51. The zero-order valence-corrected chi connectivity index (χ0v) is 15.4. The molecule has 2 rings (SSSR count). The van der Waals surface area contributed by atoms with Crippen LogP contribution in [0.25, 0.3) is 0 Å². The fraction of sp³-hybridized carbons (Fsp3) is 0.429. The number of benzene rings is 1. The Labute approximate surface area is 150 Å². The van der Waals surface area contributed by atoms with Crippen molar-refractivity contribution in [2.75, 3.05) is 6.61 Å². The molecule has 0 aliphatic heterocycles. The van der Waals surface area contributed by atoms with E-state index in [9.17, 15) is 9.90 Å². The van der Waals surface area contributed by atoms with E-state index in [4.69, 9.17) is 0 Å². The average Bonchev–Trinajstić information content (AvgIpc) is 2.63. The number of aromatic nitrogens is 1. The van der Waals surface area contributed by atoms with Crippen LogP contribution < -0.4 is 0 Å². The van der Waals surface area contributed by atoms with Crippen molar-refractivity contribution in [2.24, 2.45) is 0 Å². The van der Waals surface area contributed by atoms with Crippen molar-refractivity contribution in [1.29, 1.82) is 0 Å². The number of carbonyl (C=O) groups excluding carboxylic acids is 1. The van der Waals surface area contributed by atoms with E-state index in [1.807, 2.05) is 25.1 Å². The number of amides is 1. The number of pyridine rings is 1. The van der Waals surface area contributed by atoms with Crippen LogP contribution in [0.15, 0.2) is 42.6 Å². The highest BCUT2D eigenvalue weighted by Crippen LogP contribution is 2.15. The van der Waals surface area contributed by atoms with Gasteiger partial charge >= 0.3 is 0 Å². The van der Waals surface area contributed by atoms with Crippen molar-refractivity contribution in [2.45, 2.75) is 52.6 Å². The highest BCUT2D eigenvalue weighted by Gasteiger charge is 2.22. The average molecular weight is 340 g/mol. The number of hydrogen-bond acceptors (Lipinski definition) is 3. The van der Waals surface area contributed by atoms with Gasteiger partial charge in [-0.1, -0.05) is 31.2 Å². The first-order chi connectivity index (χ1) is 12.0. The van der Waals surface area contributed by atoms with E-state index in [-0.39, 0.29) is 18.6 Å². The standard InChI is InChI=1S/C21H28N2O2/c1-4-20(15-24)23(14-19-7-5-6-12-22-19)21(25)11-10-18-9-8-16(2)17(3)13-18/h5-9,12-13,20,24H,4,10-11,14-15H2,1-3H3. The lowest BCUT2D eigenvalue weighted by atomic mass is 10.0.